The molecule has 1 atom stereocenters. The second kappa shape index (κ2) is 4.79. The normalized spacial score (nSPS) is 12.4. The summed E-state index contributed by atoms with van der Waals surface area (Å²) in [5, 5.41) is 7.79. The van der Waals surface area contributed by atoms with Crippen molar-refractivity contribution in [2.45, 2.75) is 19.4 Å². The van der Waals surface area contributed by atoms with E-state index in [1.807, 2.05) is 23.0 Å². The van der Waals surface area contributed by atoms with E-state index in [9.17, 15) is 0 Å². The average Bonchev–Trinajstić information content (AvgIpc) is 2.83. The van der Waals surface area contributed by atoms with Crippen LogP contribution in [0, 0.1) is 0 Å². The summed E-state index contributed by atoms with van der Waals surface area (Å²) in [5.74, 6) is 0.886. The van der Waals surface area contributed by atoms with Gasteiger partial charge in [-0.2, -0.15) is 0 Å². The Morgan fingerprint density at radius 3 is 2.62 bits per heavy atom. The van der Waals surface area contributed by atoms with Gasteiger partial charge in [0, 0.05) is 6.20 Å². The third-order valence-corrected chi connectivity index (χ3v) is 2.58. The molecule has 1 heterocycles. The molecule has 0 saturated carbocycles. The van der Waals surface area contributed by atoms with E-state index in [-0.39, 0.29) is 0 Å². The van der Waals surface area contributed by atoms with E-state index in [4.69, 9.17) is 4.74 Å². The monoisotopic (exact) mass is 217 g/mol. The summed E-state index contributed by atoms with van der Waals surface area (Å²) in [7, 11) is 1.67. The van der Waals surface area contributed by atoms with Gasteiger partial charge in [0.1, 0.15) is 5.75 Å². The number of hydrogen-bond acceptors (Lipinski definition) is 3. The van der Waals surface area contributed by atoms with Crippen LogP contribution in [0.25, 0.3) is 0 Å². The number of methoxy groups -OCH3 is 1. The van der Waals surface area contributed by atoms with Gasteiger partial charge in [0.05, 0.1) is 19.3 Å². The van der Waals surface area contributed by atoms with Crippen LogP contribution in [0.3, 0.4) is 0 Å². The molecule has 0 aliphatic carbocycles. The highest BCUT2D eigenvalue weighted by molar-refractivity contribution is 5.27. The van der Waals surface area contributed by atoms with Crippen LogP contribution in [-0.4, -0.2) is 22.1 Å². The molecule has 2 aromatic rings. The molecule has 0 saturated heterocycles. The Morgan fingerprint density at radius 1 is 1.31 bits per heavy atom. The molecule has 0 bridgehead atoms. The van der Waals surface area contributed by atoms with Gasteiger partial charge in [-0.3, -0.25) is 0 Å². The van der Waals surface area contributed by atoms with E-state index in [0.717, 1.165) is 12.2 Å². The zero-order valence-electron chi connectivity index (χ0n) is 9.50. The number of hydrogen-bond donors (Lipinski definition) is 0. The molecule has 84 valence electrons. The van der Waals surface area contributed by atoms with E-state index in [2.05, 4.69) is 29.4 Å². The van der Waals surface area contributed by atoms with E-state index in [1.165, 1.54) is 5.56 Å². The van der Waals surface area contributed by atoms with Gasteiger partial charge in [0.15, 0.2) is 0 Å². The van der Waals surface area contributed by atoms with Crippen LogP contribution < -0.4 is 4.74 Å². The second-order valence-electron chi connectivity index (χ2n) is 3.78. The third-order valence-electron chi connectivity index (χ3n) is 2.58. The Morgan fingerprint density at radius 2 is 2.06 bits per heavy atom. The first-order valence-electron chi connectivity index (χ1n) is 5.28. The zero-order valence-corrected chi connectivity index (χ0v) is 9.50. The molecular formula is C12H15N3O. The first kappa shape index (κ1) is 10.7. The lowest BCUT2D eigenvalue weighted by Crippen LogP contribution is -2.08. The molecule has 0 aliphatic rings. The average molecular weight is 217 g/mol. The summed E-state index contributed by atoms with van der Waals surface area (Å²) in [4.78, 5) is 0. The SMILES string of the molecule is COc1ccc(CC(C)n2ccnn2)cc1. The van der Waals surface area contributed by atoms with Crippen molar-refractivity contribution in [2.75, 3.05) is 7.11 Å². The van der Waals surface area contributed by atoms with Gasteiger partial charge in [0.25, 0.3) is 0 Å². The molecule has 1 unspecified atom stereocenters. The minimum absolute atomic E-state index is 0.316. The van der Waals surface area contributed by atoms with Crippen molar-refractivity contribution in [3.05, 3.63) is 42.2 Å². The van der Waals surface area contributed by atoms with Crippen LogP contribution in [0.15, 0.2) is 36.7 Å². The molecule has 4 heteroatoms. The molecule has 2 rings (SSSR count). The van der Waals surface area contributed by atoms with Crippen LogP contribution in [0.5, 0.6) is 5.75 Å². The number of aromatic nitrogens is 3. The molecule has 0 spiro atoms. The number of rotatable bonds is 4. The highest BCUT2D eigenvalue weighted by Gasteiger charge is 2.06. The van der Waals surface area contributed by atoms with Gasteiger partial charge in [-0.05, 0) is 31.0 Å². The number of benzene rings is 1. The zero-order chi connectivity index (χ0) is 11.4. The number of nitrogens with zero attached hydrogens (tertiary/aromatic N) is 3. The topological polar surface area (TPSA) is 39.9 Å². The van der Waals surface area contributed by atoms with Gasteiger partial charge >= 0.3 is 0 Å². The molecule has 1 aromatic heterocycles. The van der Waals surface area contributed by atoms with Crippen molar-refractivity contribution in [3.63, 3.8) is 0 Å². The van der Waals surface area contributed by atoms with Crippen LogP contribution in [0.2, 0.25) is 0 Å². The van der Waals surface area contributed by atoms with Crippen molar-refractivity contribution >= 4 is 0 Å². The molecular weight excluding hydrogens is 202 g/mol. The fourth-order valence-corrected chi connectivity index (χ4v) is 1.65. The lowest BCUT2D eigenvalue weighted by molar-refractivity contribution is 0.414. The van der Waals surface area contributed by atoms with Gasteiger partial charge in [-0.15, -0.1) is 5.10 Å². The lowest BCUT2D eigenvalue weighted by atomic mass is 10.1. The molecule has 0 radical (unpaired) electrons. The summed E-state index contributed by atoms with van der Waals surface area (Å²) in [6.07, 6.45) is 4.52. The quantitative estimate of drug-likeness (QED) is 0.787. The van der Waals surface area contributed by atoms with E-state index >= 15 is 0 Å². The van der Waals surface area contributed by atoms with Crippen LogP contribution in [0.1, 0.15) is 18.5 Å². The van der Waals surface area contributed by atoms with Crippen molar-refractivity contribution < 1.29 is 4.74 Å². The molecule has 0 amide bonds. The standard InChI is InChI=1S/C12H15N3O/c1-10(15-8-7-13-14-15)9-11-3-5-12(16-2)6-4-11/h3-8,10H,9H2,1-2H3. The Hall–Kier alpha value is -1.84. The Kier molecular flexibility index (Phi) is 3.19. The predicted molar refractivity (Wildman–Crippen MR) is 61.4 cm³/mol. The Labute approximate surface area is 94.9 Å². The van der Waals surface area contributed by atoms with Crippen LogP contribution >= 0.6 is 0 Å². The summed E-state index contributed by atoms with van der Waals surface area (Å²) >= 11 is 0. The predicted octanol–water partition coefficient (Wildman–Crippen LogP) is 2.09. The summed E-state index contributed by atoms with van der Waals surface area (Å²) in [6, 6.07) is 8.42. The maximum Gasteiger partial charge on any atom is 0.118 e. The van der Waals surface area contributed by atoms with Crippen LogP contribution in [-0.2, 0) is 6.42 Å². The van der Waals surface area contributed by atoms with Crippen molar-refractivity contribution in [1.82, 2.24) is 15.0 Å². The summed E-state index contributed by atoms with van der Waals surface area (Å²) < 4.78 is 6.98. The molecule has 0 N–H and O–H groups in total. The smallest absolute Gasteiger partial charge is 0.118 e. The van der Waals surface area contributed by atoms with E-state index in [1.54, 1.807) is 13.3 Å². The third kappa shape index (κ3) is 2.39. The summed E-state index contributed by atoms with van der Waals surface area (Å²) in [6.45, 7) is 2.12. The van der Waals surface area contributed by atoms with Gasteiger partial charge < -0.3 is 4.74 Å². The highest BCUT2D eigenvalue weighted by Crippen LogP contribution is 2.16. The van der Waals surface area contributed by atoms with Crippen LogP contribution in [0.4, 0.5) is 0 Å². The molecule has 0 fully saturated rings. The molecule has 0 aliphatic heterocycles. The Balaban J connectivity index is 2.03. The molecule has 16 heavy (non-hydrogen) atoms. The largest absolute Gasteiger partial charge is 0.497 e. The van der Waals surface area contributed by atoms with E-state index in [0.29, 0.717) is 6.04 Å². The Bertz CT molecular complexity index is 422. The first-order valence-corrected chi connectivity index (χ1v) is 5.28. The minimum Gasteiger partial charge on any atom is -0.497 e. The maximum atomic E-state index is 5.12. The highest BCUT2D eigenvalue weighted by atomic mass is 16.5. The summed E-state index contributed by atoms with van der Waals surface area (Å²) in [5.41, 5.74) is 1.27. The first-order chi connectivity index (χ1) is 7.79. The fourth-order valence-electron chi connectivity index (χ4n) is 1.65. The number of ether oxygens (including phenoxy) is 1. The molecule has 4 nitrogen and oxygen atoms in total. The lowest BCUT2D eigenvalue weighted by Gasteiger charge is -2.11. The van der Waals surface area contributed by atoms with Gasteiger partial charge in [-0.25, -0.2) is 4.68 Å². The maximum absolute atomic E-state index is 5.12. The van der Waals surface area contributed by atoms with Gasteiger partial charge in [-0.1, -0.05) is 17.3 Å². The van der Waals surface area contributed by atoms with Crippen molar-refractivity contribution in [3.8, 4) is 5.75 Å². The second-order valence-corrected chi connectivity index (χ2v) is 3.78. The van der Waals surface area contributed by atoms with Crippen molar-refractivity contribution in [2.24, 2.45) is 0 Å². The van der Waals surface area contributed by atoms with Crippen molar-refractivity contribution in [1.29, 1.82) is 0 Å². The fraction of sp³-hybridized carbons (Fsp3) is 0.333. The minimum atomic E-state index is 0.316. The van der Waals surface area contributed by atoms with Gasteiger partial charge in [0.2, 0.25) is 0 Å². The van der Waals surface area contributed by atoms with E-state index < -0.39 is 0 Å². The molecule has 1 aromatic carbocycles.